The zero-order valence-corrected chi connectivity index (χ0v) is 28.2. The molecule has 0 aromatic heterocycles. The van der Waals surface area contributed by atoms with Gasteiger partial charge in [-0.2, -0.15) is 0 Å². The number of para-hydroxylation sites is 3. The van der Waals surface area contributed by atoms with Gasteiger partial charge in [0.1, 0.15) is 23.0 Å². The molecule has 0 amide bonds. The van der Waals surface area contributed by atoms with Crippen molar-refractivity contribution in [1.82, 2.24) is 0 Å². The molecule has 236 valence electrons. The molecular formula is C46H31NO2Si. The Kier molecular flexibility index (Phi) is 6.51. The van der Waals surface area contributed by atoms with Gasteiger partial charge in [-0.25, -0.2) is 0 Å². The Morgan fingerprint density at radius 2 is 0.860 bits per heavy atom. The molecule has 3 nitrogen and oxygen atoms in total. The smallest absolute Gasteiger partial charge is 0.196 e. The number of benzene rings is 8. The van der Waals surface area contributed by atoms with Gasteiger partial charge < -0.3 is 14.4 Å². The second-order valence-electron chi connectivity index (χ2n) is 12.9. The quantitative estimate of drug-likeness (QED) is 0.176. The van der Waals surface area contributed by atoms with Crippen LogP contribution in [0.4, 0.5) is 17.1 Å². The highest BCUT2D eigenvalue weighted by atomic mass is 28.3. The van der Waals surface area contributed by atoms with Crippen LogP contribution in [0, 0.1) is 0 Å². The van der Waals surface area contributed by atoms with Gasteiger partial charge >= 0.3 is 0 Å². The van der Waals surface area contributed by atoms with E-state index in [-0.39, 0.29) is 0 Å². The third-order valence-corrected chi connectivity index (χ3v) is 15.1. The summed E-state index contributed by atoms with van der Waals surface area (Å²) in [4.78, 5) is 2.36. The standard InChI is InChI=1S/C46H31NO2Si/c1-2-13-32(14-3-1)33-25-27-35(28-26-33)47(38-18-12-16-34-15-4-5-17-37(34)38)36-29-30-46-42(31-36)49-41-21-8-11-24-45(41)50(46)43-22-9-6-19-39(43)48-40-20-7-10-23-44(40)50/h1-31H. The molecule has 8 aromatic carbocycles. The predicted molar refractivity (Wildman–Crippen MR) is 208 cm³/mol. The fraction of sp³-hybridized carbons (Fsp3) is 0. The average Bonchev–Trinajstić information content (AvgIpc) is 3.18. The molecule has 0 unspecified atom stereocenters. The first kappa shape index (κ1) is 28.6. The highest BCUT2D eigenvalue weighted by molar-refractivity contribution is 7.21. The first-order valence-electron chi connectivity index (χ1n) is 17.0. The molecule has 0 fully saturated rings. The third-order valence-electron chi connectivity index (χ3n) is 10.2. The number of anilines is 3. The summed E-state index contributed by atoms with van der Waals surface area (Å²) in [5.41, 5.74) is 5.60. The van der Waals surface area contributed by atoms with Crippen molar-refractivity contribution >= 4 is 56.7 Å². The van der Waals surface area contributed by atoms with E-state index in [1.807, 2.05) is 0 Å². The molecule has 0 atom stereocenters. The molecule has 0 bridgehead atoms. The first-order valence-corrected chi connectivity index (χ1v) is 19.0. The van der Waals surface area contributed by atoms with Crippen molar-refractivity contribution in [2.45, 2.75) is 0 Å². The van der Waals surface area contributed by atoms with Crippen LogP contribution in [0.5, 0.6) is 23.0 Å². The fourth-order valence-electron chi connectivity index (χ4n) is 8.01. The van der Waals surface area contributed by atoms with Crippen molar-refractivity contribution < 1.29 is 9.47 Å². The Morgan fingerprint density at radius 3 is 1.54 bits per heavy atom. The number of nitrogens with zero attached hydrogens (tertiary/aromatic N) is 1. The lowest BCUT2D eigenvalue weighted by Crippen LogP contribution is -2.77. The molecule has 2 heterocycles. The molecule has 0 saturated heterocycles. The van der Waals surface area contributed by atoms with E-state index in [9.17, 15) is 0 Å². The number of hydrogen-bond donors (Lipinski definition) is 0. The lowest BCUT2D eigenvalue weighted by atomic mass is 10.0. The van der Waals surface area contributed by atoms with Crippen molar-refractivity contribution in [2.24, 2.45) is 0 Å². The largest absolute Gasteiger partial charge is 0.458 e. The highest BCUT2D eigenvalue weighted by Crippen LogP contribution is 2.43. The van der Waals surface area contributed by atoms with Crippen LogP contribution in [0.25, 0.3) is 21.9 Å². The first-order chi connectivity index (χ1) is 24.8. The molecule has 50 heavy (non-hydrogen) atoms. The molecule has 2 aliphatic heterocycles. The number of rotatable bonds is 4. The van der Waals surface area contributed by atoms with Crippen molar-refractivity contribution in [2.75, 3.05) is 4.90 Å². The normalized spacial score (nSPS) is 13.3. The summed E-state index contributed by atoms with van der Waals surface area (Å²) in [6, 6.07) is 67.1. The number of fused-ring (bicyclic) bond motifs is 9. The van der Waals surface area contributed by atoms with Gasteiger partial charge in [0.05, 0.1) is 5.69 Å². The summed E-state index contributed by atoms with van der Waals surface area (Å²) in [6.07, 6.45) is 0. The van der Waals surface area contributed by atoms with E-state index in [1.54, 1.807) is 0 Å². The lowest BCUT2D eigenvalue weighted by molar-refractivity contribution is 0.482. The van der Waals surface area contributed by atoms with E-state index in [0.717, 1.165) is 40.1 Å². The molecule has 0 radical (unpaired) electrons. The second-order valence-corrected chi connectivity index (χ2v) is 16.5. The number of hydrogen-bond acceptors (Lipinski definition) is 3. The van der Waals surface area contributed by atoms with E-state index in [1.165, 1.54) is 42.6 Å². The van der Waals surface area contributed by atoms with Gasteiger partial charge in [0.2, 0.25) is 0 Å². The third kappa shape index (κ3) is 4.29. The summed E-state index contributed by atoms with van der Waals surface area (Å²) >= 11 is 0. The second kappa shape index (κ2) is 11.4. The molecule has 2 aliphatic rings. The Labute approximate surface area is 292 Å². The van der Waals surface area contributed by atoms with Crippen molar-refractivity contribution in [1.29, 1.82) is 0 Å². The molecule has 8 aromatic rings. The van der Waals surface area contributed by atoms with Gasteiger partial charge in [-0.05, 0) is 79.7 Å². The SMILES string of the molecule is c1ccc(-c2ccc(N(c3ccc4c(c3)Oc3ccccc3[Si]43c4ccccc4Oc4ccccc43)c3cccc4ccccc34)cc2)cc1. The topological polar surface area (TPSA) is 21.7 Å². The Bertz CT molecular complexity index is 2490. The van der Waals surface area contributed by atoms with Crippen LogP contribution >= 0.6 is 0 Å². The molecule has 0 saturated carbocycles. The van der Waals surface area contributed by atoms with Gasteiger partial charge in [0.15, 0.2) is 8.07 Å². The van der Waals surface area contributed by atoms with Gasteiger partial charge in [-0.1, -0.05) is 140 Å². The van der Waals surface area contributed by atoms with Gasteiger partial charge in [-0.3, -0.25) is 0 Å². The lowest BCUT2D eigenvalue weighted by Gasteiger charge is -2.43. The van der Waals surface area contributed by atoms with E-state index < -0.39 is 8.07 Å². The zero-order valence-electron chi connectivity index (χ0n) is 27.2. The summed E-state index contributed by atoms with van der Waals surface area (Å²) in [6.45, 7) is 0. The molecule has 4 heteroatoms. The summed E-state index contributed by atoms with van der Waals surface area (Å²) in [7, 11) is -2.83. The molecule has 0 aliphatic carbocycles. The minimum atomic E-state index is -2.83. The summed E-state index contributed by atoms with van der Waals surface area (Å²) in [5.74, 6) is 3.62. The van der Waals surface area contributed by atoms with Crippen LogP contribution in [-0.4, -0.2) is 8.07 Å². The van der Waals surface area contributed by atoms with Crippen LogP contribution in [0.2, 0.25) is 0 Å². The highest BCUT2D eigenvalue weighted by Gasteiger charge is 2.52. The predicted octanol–water partition coefficient (Wildman–Crippen LogP) is 9.57. The fourth-order valence-corrected chi connectivity index (χ4v) is 13.1. The Hall–Kier alpha value is -6.36. The van der Waals surface area contributed by atoms with E-state index >= 15 is 0 Å². The number of ether oxygens (including phenoxy) is 2. The van der Waals surface area contributed by atoms with Gasteiger partial charge in [0, 0.05) is 22.8 Å². The maximum absolute atomic E-state index is 6.93. The van der Waals surface area contributed by atoms with Gasteiger partial charge in [-0.15, -0.1) is 0 Å². The monoisotopic (exact) mass is 657 g/mol. The van der Waals surface area contributed by atoms with Crippen LogP contribution in [0.1, 0.15) is 0 Å². The molecule has 1 spiro atoms. The van der Waals surface area contributed by atoms with Crippen molar-refractivity contribution in [3.8, 4) is 34.1 Å². The molecule has 0 N–H and O–H groups in total. The minimum Gasteiger partial charge on any atom is -0.458 e. The maximum atomic E-state index is 6.93. The van der Waals surface area contributed by atoms with E-state index in [2.05, 4.69) is 193 Å². The van der Waals surface area contributed by atoms with Crippen molar-refractivity contribution in [3.63, 3.8) is 0 Å². The van der Waals surface area contributed by atoms with E-state index in [0.29, 0.717) is 0 Å². The summed E-state index contributed by atoms with van der Waals surface area (Å²) < 4.78 is 13.5. The van der Waals surface area contributed by atoms with Crippen LogP contribution in [-0.2, 0) is 0 Å². The average molecular weight is 658 g/mol. The minimum absolute atomic E-state index is 0.880. The maximum Gasteiger partial charge on any atom is 0.196 e. The van der Waals surface area contributed by atoms with E-state index in [4.69, 9.17) is 9.47 Å². The summed E-state index contributed by atoms with van der Waals surface area (Å²) in [5, 5.41) is 7.33. The van der Waals surface area contributed by atoms with Gasteiger partial charge in [0.25, 0.3) is 0 Å². The van der Waals surface area contributed by atoms with Crippen molar-refractivity contribution in [3.05, 3.63) is 188 Å². The zero-order chi connectivity index (χ0) is 33.1. The Balaban J connectivity index is 1.21. The van der Waals surface area contributed by atoms with Crippen LogP contribution < -0.4 is 35.1 Å². The molecular weight excluding hydrogens is 627 g/mol. The van der Waals surface area contributed by atoms with Crippen LogP contribution in [0.3, 0.4) is 0 Å². The van der Waals surface area contributed by atoms with Crippen LogP contribution in [0.15, 0.2) is 188 Å². The Morgan fingerprint density at radius 1 is 0.360 bits per heavy atom. The molecule has 10 rings (SSSR count).